The minimum Gasteiger partial charge on any atom is -0.462 e. The zero-order valence-corrected chi connectivity index (χ0v) is 18.3. The van der Waals surface area contributed by atoms with Crippen molar-refractivity contribution < 1.29 is 19.1 Å². The highest BCUT2D eigenvalue weighted by Gasteiger charge is 2.32. The molecule has 2 atom stereocenters. The summed E-state index contributed by atoms with van der Waals surface area (Å²) in [6.07, 6.45) is 6.37. The molecule has 2 N–H and O–H groups in total. The van der Waals surface area contributed by atoms with E-state index < -0.39 is 5.97 Å². The predicted octanol–water partition coefficient (Wildman–Crippen LogP) is 3.04. The Hall–Kier alpha value is -1.93. The molecule has 8 heteroatoms. The fraction of sp³-hybridized carbons (Fsp3) is 0.667. The van der Waals surface area contributed by atoms with Gasteiger partial charge < -0.3 is 15.4 Å². The molecule has 0 bridgehead atoms. The van der Waals surface area contributed by atoms with Gasteiger partial charge in [0.2, 0.25) is 5.91 Å². The molecular weight excluding hydrogens is 390 g/mol. The number of fused-ring (bicyclic) bond motifs is 1. The first-order valence-corrected chi connectivity index (χ1v) is 11.3. The van der Waals surface area contributed by atoms with Crippen LogP contribution in [0.1, 0.15) is 64.6 Å². The van der Waals surface area contributed by atoms with Gasteiger partial charge in [-0.25, -0.2) is 4.79 Å². The number of nitrogens with one attached hydrogen (secondary N) is 2. The number of carbonyl (C=O) groups is 3. The summed E-state index contributed by atoms with van der Waals surface area (Å²) in [6.45, 7) is 5.87. The largest absolute Gasteiger partial charge is 0.462 e. The van der Waals surface area contributed by atoms with Crippen LogP contribution in [0.3, 0.4) is 0 Å². The number of anilines is 1. The maximum atomic E-state index is 12.7. The summed E-state index contributed by atoms with van der Waals surface area (Å²) in [5, 5.41) is 5.83. The van der Waals surface area contributed by atoms with Crippen molar-refractivity contribution in [2.45, 2.75) is 46.0 Å². The van der Waals surface area contributed by atoms with Gasteiger partial charge in [-0.15, -0.1) is 11.3 Å². The van der Waals surface area contributed by atoms with E-state index in [0.29, 0.717) is 27.9 Å². The fourth-order valence-corrected chi connectivity index (χ4v) is 5.73. The van der Waals surface area contributed by atoms with E-state index in [0.717, 1.165) is 36.8 Å². The summed E-state index contributed by atoms with van der Waals surface area (Å²) in [7, 11) is 1.54. The lowest BCUT2D eigenvalue weighted by Gasteiger charge is -2.41. The molecule has 0 unspecified atom stereocenters. The van der Waals surface area contributed by atoms with Crippen LogP contribution in [0.25, 0.3) is 0 Å². The van der Waals surface area contributed by atoms with Crippen LogP contribution >= 0.6 is 11.3 Å². The van der Waals surface area contributed by atoms with Crippen molar-refractivity contribution >= 4 is 34.1 Å². The SMILES string of the molecule is CCOC(=O)c1c(NC(=O)CN2CC[C@@H]3CCCC[C@@H]3C2)sc(C(=O)NC)c1C. The van der Waals surface area contributed by atoms with Crippen molar-refractivity contribution in [1.82, 2.24) is 10.2 Å². The number of hydrogen-bond acceptors (Lipinski definition) is 6. The minimum absolute atomic E-state index is 0.158. The third kappa shape index (κ3) is 4.98. The van der Waals surface area contributed by atoms with E-state index in [9.17, 15) is 14.4 Å². The number of piperidine rings is 1. The van der Waals surface area contributed by atoms with Crippen LogP contribution < -0.4 is 10.6 Å². The maximum Gasteiger partial charge on any atom is 0.341 e. The molecule has 3 rings (SSSR count). The van der Waals surface area contributed by atoms with Gasteiger partial charge in [-0.05, 0) is 50.6 Å². The first-order valence-electron chi connectivity index (χ1n) is 10.5. The fourth-order valence-electron chi connectivity index (χ4n) is 4.57. The van der Waals surface area contributed by atoms with E-state index in [4.69, 9.17) is 4.74 Å². The standard InChI is InChI=1S/C21H31N3O4S/c1-4-28-21(27)17-13(2)18(19(26)22-3)29-20(17)23-16(25)12-24-10-9-14-7-5-6-8-15(14)11-24/h14-15H,4-12H2,1-3H3,(H,22,26)(H,23,25)/t14-,15+/m0/s1. The van der Waals surface area contributed by atoms with Gasteiger partial charge in [-0.1, -0.05) is 19.3 Å². The van der Waals surface area contributed by atoms with Gasteiger partial charge in [0.25, 0.3) is 5.91 Å². The number of hydrogen-bond donors (Lipinski definition) is 2. The molecule has 2 aliphatic rings. The molecule has 1 aromatic rings. The molecule has 1 aliphatic carbocycles. The molecule has 0 aromatic carbocycles. The zero-order valence-electron chi connectivity index (χ0n) is 17.5. The smallest absolute Gasteiger partial charge is 0.341 e. The van der Waals surface area contributed by atoms with Crippen LogP contribution in [0, 0.1) is 18.8 Å². The summed E-state index contributed by atoms with van der Waals surface area (Å²) < 4.78 is 5.14. The molecule has 0 spiro atoms. The predicted molar refractivity (Wildman–Crippen MR) is 114 cm³/mol. The van der Waals surface area contributed by atoms with Crippen molar-refractivity contribution in [3.8, 4) is 0 Å². The van der Waals surface area contributed by atoms with Crippen molar-refractivity contribution in [2.24, 2.45) is 11.8 Å². The second-order valence-electron chi connectivity index (χ2n) is 7.94. The minimum atomic E-state index is -0.519. The average molecular weight is 422 g/mol. The third-order valence-corrected chi connectivity index (χ3v) is 7.26. The second kappa shape index (κ2) is 9.71. The molecule has 0 radical (unpaired) electrons. The molecule has 160 valence electrons. The van der Waals surface area contributed by atoms with E-state index in [2.05, 4.69) is 15.5 Å². The van der Waals surface area contributed by atoms with Gasteiger partial charge in [0.1, 0.15) is 5.00 Å². The quantitative estimate of drug-likeness (QED) is 0.690. The number of ether oxygens (including phenoxy) is 1. The summed E-state index contributed by atoms with van der Waals surface area (Å²) in [6, 6.07) is 0. The summed E-state index contributed by atoms with van der Waals surface area (Å²) in [4.78, 5) is 39.9. The van der Waals surface area contributed by atoms with Crippen LogP contribution in [0.2, 0.25) is 0 Å². The highest BCUT2D eigenvalue weighted by atomic mass is 32.1. The van der Waals surface area contributed by atoms with Gasteiger partial charge in [-0.2, -0.15) is 0 Å². The van der Waals surface area contributed by atoms with Crippen LogP contribution in [0.15, 0.2) is 0 Å². The van der Waals surface area contributed by atoms with E-state index >= 15 is 0 Å². The number of rotatable bonds is 6. The molecule has 2 amide bonds. The van der Waals surface area contributed by atoms with Crippen LogP contribution in [-0.4, -0.2) is 56.0 Å². The van der Waals surface area contributed by atoms with E-state index in [1.54, 1.807) is 20.9 Å². The van der Waals surface area contributed by atoms with Crippen molar-refractivity contribution in [2.75, 3.05) is 38.6 Å². The molecule has 2 heterocycles. The van der Waals surface area contributed by atoms with Gasteiger partial charge >= 0.3 is 5.97 Å². The lowest BCUT2D eigenvalue weighted by Crippen LogP contribution is -2.44. The summed E-state index contributed by atoms with van der Waals surface area (Å²) in [5.74, 6) is 0.555. The molecule has 1 saturated heterocycles. The molecule has 29 heavy (non-hydrogen) atoms. The van der Waals surface area contributed by atoms with Crippen LogP contribution in [0.4, 0.5) is 5.00 Å². The Labute approximate surface area is 176 Å². The first kappa shape index (κ1) is 21.8. The molecule has 1 saturated carbocycles. The summed E-state index contributed by atoms with van der Waals surface area (Å²) in [5.41, 5.74) is 0.806. The average Bonchev–Trinajstić information content (AvgIpc) is 3.03. The third-order valence-electron chi connectivity index (χ3n) is 6.06. The van der Waals surface area contributed by atoms with Crippen LogP contribution in [0.5, 0.6) is 0 Å². The molecular formula is C21H31N3O4S. The number of amides is 2. The molecule has 1 aliphatic heterocycles. The highest BCUT2D eigenvalue weighted by Crippen LogP contribution is 2.36. The van der Waals surface area contributed by atoms with E-state index in [1.807, 2.05) is 0 Å². The lowest BCUT2D eigenvalue weighted by atomic mass is 9.75. The normalized spacial score (nSPS) is 21.9. The first-order chi connectivity index (χ1) is 13.9. The highest BCUT2D eigenvalue weighted by molar-refractivity contribution is 7.18. The summed E-state index contributed by atoms with van der Waals surface area (Å²) >= 11 is 1.12. The Bertz CT molecular complexity index is 776. The number of esters is 1. The zero-order chi connectivity index (χ0) is 21.0. The van der Waals surface area contributed by atoms with Gasteiger partial charge in [0.05, 0.1) is 23.6 Å². The van der Waals surface area contributed by atoms with Crippen molar-refractivity contribution in [3.05, 3.63) is 16.0 Å². The second-order valence-corrected chi connectivity index (χ2v) is 8.96. The van der Waals surface area contributed by atoms with E-state index in [-0.39, 0.29) is 24.0 Å². The number of carbonyl (C=O) groups excluding carboxylic acids is 3. The topological polar surface area (TPSA) is 87.7 Å². The Morgan fingerprint density at radius 3 is 2.59 bits per heavy atom. The number of likely N-dealkylation sites (tertiary alicyclic amines) is 1. The maximum absolute atomic E-state index is 12.7. The van der Waals surface area contributed by atoms with Gasteiger partial charge in [0, 0.05) is 13.6 Å². The van der Waals surface area contributed by atoms with E-state index in [1.165, 1.54) is 25.7 Å². The molecule has 1 aromatic heterocycles. The Balaban J connectivity index is 1.70. The van der Waals surface area contributed by atoms with Gasteiger partial charge in [0.15, 0.2) is 0 Å². The van der Waals surface area contributed by atoms with Crippen molar-refractivity contribution in [3.63, 3.8) is 0 Å². The number of nitrogens with zero attached hydrogens (tertiary/aromatic N) is 1. The number of thiophene rings is 1. The van der Waals surface area contributed by atoms with Crippen molar-refractivity contribution in [1.29, 1.82) is 0 Å². The Kier molecular flexibility index (Phi) is 7.29. The molecule has 7 nitrogen and oxygen atoms in total. The van der Waals surface area contributed by atoms with Crippen LogP contribution in [-0.2, 0) is 9.53 Å². The molecule has 2 fully saturated rings. The Morgan fingerprint density at radius 1 is 1.17 bits per heavy atom. The lowest BCUT2D eigenvalue weighted by molar-refractivity contribution is -0.118. The van der Waals surface area contributed by atoms with Gasteiger partial charge in [-0.3, -0.25) is 14.5 Å². The monoisotopic (exact) mass is 421 g/mol. The Morgan fingerprint density at radius 2 is 1.90 bits per heavy atom.